The third-order valence-corrected chi connectivity index (χ3v) is 3.26. The summed E-state index contributed by atoms with van der Waals surface area (Å²) in [7, 11) is 0. The van der Waals surface area contributed by atoms with Crippen molar-refractivity contribution in [1.82, 2.24) is 10.2 Å². The van der Waals surface area contributed by atoms with Crippen molar-refractivity contribution in [3.8, 4) is 0 Å². The molecule has 2 aliphatic heterocycles. The molecule has 0 radical (unpaired) electrons. The van der Waals surface area contributed by atoms with Gasteiger partial charge in [-0.3, -0.25) is 4.79 Å². The Morgan fingerprint density at radius 1 is 1.57 bits per heavy atom. The molecule has 3 nitrogen and oxygen atoms in total. The van der Waals surface area contributed by atoms with Crippen molar-refractivity contribution in [3.05, 3.63) is 11.6 Å². The van der Waals surface area contributed by atoms with Crippen LogP contribution in [0.15, 0.2) is 11.6 Å². The molecular formula is C11H18N2O. The van der Waals surface area contributed by atoms with Crippen molar-refractivity contribution in [3.63, 3.8) is 0 Å². The molecule has 1 atom stereocenters. The van der Waals surface area contributed by atoms with Gasteiger partial charge in [-0.15, -0.1) is 0 Å². The highest BCUT2D eigenvalue weighted by Gasteiger charge is 2.28. The molecule has 0 aromatic rings. The minimum atomic E-state index is 0.0861. The van der Waals surface area contributed by atoms with E-state index in [9.17, 15) is 4.79 Å². The highest BCUT2D eigenvalue weighted by molar-refractivity contribution is 5.91. The minimum absolute atomic E-state index is 0.0861. The number of amides is 1. The maximum atomic E-state index is 11.0. The zero-order chi connectivity index (χ0) is 10.1. The first kappa shape index (κ1) is 9.71. The van der Waals surface area contributed by atoms with Gasteiger partial charge in [0.05, 0.1) is 0 Å². The Balaban J connectivity index is 1.96. The van der Waals surface area contributed by atoms with E-state index in [1.807, 2.05) is 0 Å². The van der Waals surface area contributed by atoms with E-state index in [0.29, 0.717) is 12.0 Å². The molecule has 0 unspecified atom stereocenters. The summed E-state index contributed by atoms with van der Waals surface area (Å²) < 4.78 is 0. The van der Waals surface area contributed by atoms with Gasteiger partial charge < -0.3 is 10.2 Å². The molecule has 14 heavy (non-hydrogen) atoms. The van der Waals surface area contributed by atoms with Crippen molar-refractivity contribution in [2.24, 2.45) is 5.92 Å². The molecule has 2 aliphatic rings. The lowest BCUT2D eigenvalue weighted by molar-refractivity contribution is -0.115. The first-order valence-corrected chi connectivity index (χ1v) is 5.39. The predicted octanol–water partition coefficient (Wildman–Crippen LogP) is 0.773. The second kappa shape index (κ2) is 3.73. The van der Waals surface area contributed by atoms with Crippen LogP contribution in [0.25, 0.3) is 0 Å². The SMILES string of the molecule is CC(C)N1CC[C@@H](C2=CC(=O)NC2)C1. The molecule has 1 amide bonds. The van der Waals surface area contributed by atoms with E-state index in [4.69, 9.17) is 0 Å². The molecule has 0 aromatic carbocycles. The van der Waals surface area contributed by atoms with Gasteiger partial charge in [0.25, 0.3) is 0 Å². The fourth-order valence-electron chi connectivity index (χ4n) is 2.28. The molecule has 78 valence electrons. The van der Waals surface area contributed by atoms with Gasteiger partial charge in [0, 0.05) is 25.2 Å². The number of rotatable bonds is 2. The number of hydrogen-bond acceptors (Lipinski definition) is 2. The van der Waals surface area contributed by atoms with Crippen LogP contribution in [0.2, 0.25) is 0 Å². The van der Waals surface area contributed by atoms with Crippen LogP contribution < -0.4 is 5.32 Å². The average molecular weight is 194 g/mol. The van der Waals surface area contributed by atoms with E-state index in [1.165, 1.54) is 18.5 Å². The maximum absolute atomic E-state index is 11.0. The molecule has 2 rings (SSSR count). The van der Waals surface area contributed by atoms with Gasteiger partial charge in [0.1, 0.15) is 0 Å². The number of nitrogens with zero attached hydrogens (tertiary/aromatic N) is 1. The summed E-state index contributed by atoms with van der Waals surface area (Å²) in [6, 6.07) is 0.630. The zero-order valence-electron chi connectivity index (χ0n) is 8.92. The molecule has 3 heteroatoms. The summed E-state index contributed by atoms with van der Waals surface area (Å²) in [5, 5.41) is 2.84. The summed E-state index contributed by atoms with van der Waals surface area (Å²) in [5.41, 5.74) is 1.30. The summed E-state index contributed by atoms with van der Waals surface area (Å²) in [5.74, 6) is 0.694. The van der Waals surface area contributed by atoms with Crippen LogP contribution in [-0.4, -0.2) is 36.5 Å². The quantitative estimate of drug-likeness (QED) is 0.704. The van der Waals surface area contributed by atoms with E-state index in [2.05, 4.69) is 24.1 Å². The number of hydrogen-bond donors (Lipinski definition) is 1. The molecule has 1 N–H and O–H groups in total. The van der Waals surface area contributed by atoms with Gasteiger partial charge in [-0.2, -0.15) is 0 Å². The second-order valence-corrected chi connectivity index (χ2v) is 4.51. The van der Waals surface area contributed by atoms with E-state index in [-0.39, 0.29) is 5.91 Å². The Morgan fingerprint density at radius 2 is 2.36 bits per heavy atom. The molecule has 1 fully saturated rings. The van der Waals surface area contributed by atoms with Crippen molar-refractivity contribution >= 4 is 5.91 Å². The van der Waals surface area contributed by atoms with E-state index in [0.717, 1.165) is 13.1 Å². The Bertz CT molecular complexity index is 270. The monoisotopic (exact) mass is 194 g/mol. The van der Waals surface area contributed by atoms with Crippen molar-refractivity contribution < 1.29 is 4.79 Å². The normalized spacial score (nSPS) is 28.4. The van der Waals surface area contributed by atoms with E-state index in [1.54, 1.807) is 6.08 Å². The van der Waals surface area contributed by atoms with Crippen LogP contribution in [0.5, 0.6) is 0 Å². The van der Waals surface area contributed by atoms with Gasteiger partial charge in [0.15, 0.2) is 0 Å². The first-order valence-electron chi connectivity index (χ1n) is 5.39. The summed E-state index contributed by atoms with van der Waals surface area (Å²) in [6.45, 7) is 7.53. The minimum Gasteiger partial charge on any atom is -0.349 e. The van der Waals surface area contributed by atoms with Crippen molar-refractivity contribution in [2.75, 3.05) is 19.6 Å². The Hall–Kier alpha value is -0.830. The lowest BCUT2D eigenvalue weighted by Gasteiger charge is -2.20. The number of likely N-dealkylation sites (tertiary alicyclic amines) is 1. The average Bonchev–Trinajstić information content (AvgIpc) is 2.70. The summed E-state index contributed by atoms with van der Waals surface area (Å²) >= 11 is 0. The number of carbonyl (C=O) groups excluding carboxylic acids is 1. The Labute approximate surface area is 85.2 Å². The van der Waals surface area contributed by atoms with Crippen LogP contribution in [0.1, 0.15) is 20.3 Å². The molecule has 0 aromatic heterocycles. The van der Waals surface area contributed by atoms with Crippen molar-refractivity contribution in [2.45, 2.75) is 26.3 Å². The lowest BCUT2D eigenvalue weighted by Crippen LogP contribution is -2.28. The zero-order valence-corrected chi connectivity index (χ0v) is 8.92. The van der Waals surface area contributed by atoms with Gasteiger partial charge >= 0.3 is 0 Å². The first-order chi connectivity index (χ1) is 6.66. The highest BCUT2D eigenvalue weighted by Crippen LogP contribution is 2.26. The van der Waals surface area contributed by atoms with E-state index < -0.39 is 0 Å². The largest absolute Gasteiger partial charge is 0.349 e. The highest BCUT2D eigenvalue weighted by atomic mass is 16.1. The predicted molar refractivity (Wildman–Crippen MR) is 55.9 cm³/mol. The molecule has 0 saturated carbocycles. The third-order valence-electron chi connectivity index (χ3n) is 3.26. The lowest BCUT2D eigenvalue weighted by atomic mass is 9.99. The van der Waals surface area contributed by atoms with Gasteiger partial charge in [0.2, 0.25) is 5.91 Å². The van der Waals surface area contributed by atoms with Crippen LogP contribution >= 0.6 is 0 Å². The number of nitrogens with one attached hydrogen (secondary N) is 1. The third kappa shape index (κ3) is 1.82. The summed E-state index contributed by atoms with van der Waals surface area (Å²) in [6.07, 6.45) is 2.99. The maximum Gasteiger partial charge on any atom is 0.244 e. The van der Waals surface area contributed by atoms with Crippen molar-refractivity contribution in [1.29, 1.82) is 0 Å². The fourth-order valence-corrected chi connectivity index (χ4v) is 2.28. The summed E-state index contributed by atoms with van der Waals surface area (Å²) in [4.78, 5) is 13.5. The molecular weight excluding hydrogens is 176 g/mol. The molecule has 0 bridgehead atoms. The molecule has 0 spiro atoms. The molecule has 2 heterocycles. The van der Waals surface area contributed by atoms with Gasteiger partial charge in [-0.05, 0) is 38.3 Å². The molecule has 0 aliphatic carbocycles. The van der Waals surface area contributed by atoms with Crippen LogP contribution in [0, 0.1) is 5.92 Å². The standard InChI is InChI=1S/C11H18N2O/c1-8(2)13-4-3-9(7-13)10-5-11(14)12-6-10/h5,8-9H,3-4,6-7H2,1-2H3,(H,12,14)/t9-/m1/s1. The van der Waals surface area contributed by atoms with E-state index >= 15 is 0 Å². The number of carbonyl (C=O) groups is 1. The van der Waals surface area contributed by atoms with Gasteiger partial charge in [-0.1, -0.05) is 0 Å². The van der Waals surface area contributed by atoms with Crippen LogP contribution in [0.3, 0.4) is 0 Å². The van der Waals surface area contributed by atoms with Crippen LogP contribution in [-0.2, 0) is 4.79 Å². The topological polar surface area (TPSA) is 32.3 Å². The Morgan fingerprint density at radius 3 is 2.86 bits per heavy atom. The van der Waals surface area contributed by atoms with Crippen LogP contribution in [0.4, 0.5) is 0 Å². The fraction of sp³-hybridized carbons (Fsp3) is 0.727. The molecule has 1 saturated heterocycles. The van der Waals surface area contributed by atoms with Gasteiger partial charge in [-0.25, -0.2) is 0 Å². The second-order valence-electron chi connectivity index (χ2n) is 4.51. The smallest absolute Gasteiger partial charge is 0.244 e. The Kier molecular flexibility index (Phi) is 2.59.